The summed E-state index contributed by atoms with van der Waals surface area (Å²) in [5.41, 5.74) is -0.874. The molecule has 2 heterocycles. The van der Waals surface area contributed by atoms with E-state index in [1.807, 2.05) is 0 Å². The summed E-state index contributed by atoms with van der Waals surface area (Å²) < 4.78 is 39.4. The molecule has 10 nitrogen and oxygen atoms in total. The normalized spacial score (nSPS) is 37.8. The van der Waals surface area contributed by atoms with Crippen LogP contribution in [0.25, 0.3) is 0 Å². The van der Waals surface area contributed by atoms with Crippen molar-refractivity contribution in [2.45, 2.75) is 61.0 Å². The summed E-state index contributed by atoms with van der Waals surface area (Å²) in [4.78, 5) is 0. The Labute approximate surface area is 192 Å². The average molecular weight is 486 g/mol. The summed E-state index contributed by atoms with van der Waals surface area (Å²) in [7, 11) is 0. The van der Waals surface area contributed by atoms with Gasteiger partial charge in [0.25, 0.3) is 0 Å². The Bertz CT molecular complexity index is 916. The van der Waals surface area contributed by atoms with Crippen LogP contribution >= 0.6 is 0 Å². The first-order chi connectivity index (χ1) is 16.1. The first kappa shape index (κ1) is 26.4. The molecule has 0 spiro atoms. The molecule has 2 fully saturated rings. The maximum absolute atomic E-state index is 14.5. The van der Waals surface area contributed by atoms with E-state index >= 15 is 0 Å². The molecule has 12 heteroatoms. The quantitative estimate of drug-likeness (QED) is 0.194. The number of ether oxygens (including phenoxy) is 2. The molecule has 186 valence electrons. The molecule has 10 atom stereocenters. The molecule has 0 saturated carbocycles. The minimum Gasteiger partial charge on any atom is -0.394 e. The van der Waals surface area contributed by atoms with Gasteiger partial charge in [-0.2, -0.15) is 0 Å². The third kappa shape index (κ3) is 5.22. The highest BCUT2D eigenvalue weighted by Gasteiger charge is 2.43. The molecule has 0 aromatic heterocycles. The third-order valence-electron chi connectivity index (χ3n) is 5.57. The number of hydrogen-bond acceptors (Lipinski definition) is 10. The fourth-order valence-electron chi connectivity index (χ4n) is 3.48. The third-order valence-corrected chi connectivity index (χ3v) is 5.57. The zero-order chi connectivity index (χ0) is 25.2. The van der Waals surface area contributed by atoms with Crippen LogP contribution in [-0.2, 0) is 9.47 Å². The first-order valence-corrected chi connectivity index (χ1v) is 10.2. The molecule has 0 aliphatic carbocycles. The van der Waals surface area contributed by atoms with E-state index in [1.54, 1.807) is 0 Å². The van der Waals surface area contributed by atoms with Crippen molar-refractivity contribution in [3.05, 3.63) is 34.9 Å². The second-order valence-corrected chi connectivity index (χ2v) is 7.83. The Morgan fingerprint density at radius 1 is 0.618 bits per heavy atom. The fourth-order valence-corrected chi connectivity index (χ4v) is 3.48. The van der Waals surface area contributed by atoms with Gasteiger partial charge >= 0.3 is 0 Å². The summed E-state index contributed by atoms with van der Waals surface area (Å²) in [6.45, 7) is -1.35. The van der Waals surface area contributed by atoms with Gasteiger partial charge in [-0.1, -0.05) is 23.7 Å². The van der Waals surface area contributed by atoms with E-state index in [0.29, 0.717) is 0 Å². The van der Waals surface area contributed by atoms with Crippen LogP contribution in [-0.4, -0.2) is 115 Å². The summed E-state index contributed by atoms with van der Waals surface area (Å²) in [5.74, 6) is 6.41. The molecule has 2 saturated heterocycles. The molecule has 0 amide bonds. The molecule has 1 aromatic carbocycles. The molecule has 1 aromatic rings. The Kier molecular flexibility index (Phi) is 8.57. The molecule has 34 heavy (non-hydrogen) atoms. The summed E-state index contributed by atoms with van der Waals surface area (Å²) in [6.07, 6.45) is -15.1. The van der Waals surface area contributed by atoms with E-state index in [-0.39, 0.29) is 0 Å². The fraction of sp³-hybridized carbons (Fsp3) is 0.545. The zero-order valence-electron chi connectivity index (χ0n) is 17.5. The van der Waals surface area contributed by atoms with Gasteiger partial charge in [-0.25, -0.2) is 8.78 Å². The predicted molar refractivity (Wildman–Crippen MR) is 108 cm³/mol. The van der Waals surface area contributed by atoms with Crippen molar-refractivity contribution in [3.8, 4) is 23.7 Å². The van der Waals surface area contributed by atoms with Gasteiger partial charge in [0.05, 0.1) is 24.3 Å². The van der Waals surface area contributed by atoms with E-state index in [0.717, 1.165) is 12.1 Å². The Hall–Kier alpha value is -2.20. The van der Waals surface area contributed by atoms with Crippen LogP contribution in [0.4, 0.5) is 8.78 Å². The monoisotopic (exact) mass is 486 g/mol. The number of aliphatic hydroxyl groups excluding tert-OH is 8. The number of hydrogen-bond donors (Lipinski definition) is 8. The topological polar surface area (TPSA) is 180 Å². The number of aliphatic hydroxyl groups is 8. The lowest BCUT2D eigenvalue weighted by Gasteiger charge is -2.37. The lowest BCUT2D eigenvalue weighted by atomic mass is 9.95. The summed E-state index contributed by atoms with van der Waals surface area (Å²) >= 11 is 0. The van der Waals surface area contributed by atoms with Gasteiger partial charge in [0, 0.05) is 0 Å². The Morgan fingerprint density at radius 2 is 0.971 bits per heavy atom. The van der Waals surface area contributed by atoms with E-state index in [1.165, 1.54) is 0 Å². The number of halogens is 2. The van der Waals surface area contributed by atoms with Gasteiger partial charge in [0.2, 0.25) is 0 Å². The molecule has 0 radical (unpaired) electrons. The van der Waals surface area contributed by atoms with Crippen LogP contribution in [0, 0.1) is 35.3 Å². The minimum atomic E-state index is -1.67. The van der Waals surface area contributed by atoms with E-state index in [2.05, 4.69) is 23.7 Å². The van der Waals surface area contributed by atoms with Crippen LogP contribution in [0.15, 0.2) is 12.1 Å². The standard InChI is InChI=1S/C22H24F2O10/c23-15-9(3-5-11-17(27)21(31)19(29)13(7-25)33-11)1-2-10(16(15)24)4-6-12-18(28)22(32)20(30)14(8-26)34-12/h1-2,11-14,17-22,25-32H,7-8H2. The Balaban J connectivity index is 1.80. The summed E-state index contributed by atoms with van der Waals surface area (Å²) in [6, 6.07) is 2.15. The van der Waals surface area contributed by atoms with Crippen molar-refractivity contribution in [2.24, 2.45) is 0 Å². The van der Waals surface area contributed by atoms with Crippen LogP contribution < -0.4 is 0 Å². The van der Waals surface area contributed by atoms with Crippen LogP contribution in [0.1, 0.15) is 11.1 Å². The van der Waals surface area contributed by atoms with Crippen molar-refractivity contribution >= 4 is 0 Å². The maximum atomic E-state index is 14.5. The minimum absolute atomic E-state index is 0.437. The van der Waals surface area contributed by atoms with Gasteiger partial charge < -0.3 is 50.3 Å². The molecule has 10 unspecified atom stereocenters. The van der Waals surface area contributed by atoms with E-state index in [4.69, 9.17) is 9.47 Å². The van der Waals surface area contributed by atoms with Crippen molar-refractivity contribution in [1.29, 1.82) is 0 Å². The van der Waals surface area contributed by atoms with Crippen molar-refractivity contribution < 1.29 is 59.1 Å². The molecule has 8 N–H and O–H groups in total. The lowest BCUT2D eigenvalue weighted by Crippen LogP contribution is -2.58. The molecule has 3 rings (SSSR count). The molecule has 2 aliphatic rings. The summed E-state index contributed by atoms with van der Waals surface area (Å²) in [5, 5.41) is 77.4. The van der Waals surface area contributed by atoms with Gasteiger partial charge in [0.15, 0.2) is 11.6 Å². The molecular weight excluding hydrogens is 462 g/mol. The highest BCUT2D eigenvalue weighted by atomic mass is 19.2. The molecule has 0 bridgehead atoms. The van der Waals surface area contributed by atoms with Gasteiger partial charge in [-0.15, -0.1) is 0 Å². The van der Waals surface area contributed by atoms with Gasteiger partial charge in [-0.3, -0.25) is 0 Å². The second kappa shape index (κ2) is 11.0. The lowest BCUT2D eigenvalue weighted by molar-refractivity contribution is -0.214. The van der Waals surface area contributed by atoms with E-state index in [9.17, 15) is 49.6 Å². The van der Waals surface area contributed by atoms with Crippen LogP contribution in [0.5, 0.6) is 0 Å². The largest absolute Gasteiger partial charge is 0.394 e. The van der Waals surface area contributed by atoms with Crippen molar-refractivity contribution in [3.63, 3.8) is 0 Å². The van der Waals surface area contributed by atoms with Crippen molar-refractivity contribution in [1.82, 2.24) is 0 Å². The van der Waals surface area contributed by atoms with Gasteiger partial charge in [-0.05, 0) is 12.1 Å². The molecule has 2 aliphatic heterocycles. The zero-order valence-corrected chi connectivity index (χ0v) is 17.5. The SMILES string of the molecule is OCC1OC(C#Cc2ccc(C#CC3OC(CO)C(O)C(O)C3O)c(F)c2F)C(O)C(O)C1O. The average Bonchev–Trinajstić information content (AvgIpc) is 2.83. The number of benzene rings is 1. The van der Waals surface area contributed by atoms with Crippen molar-refractivity contribution in [2.75, 3.05) is 13.2 Å². The van der Waals surface area contributed by atoms with Gasteiger partial charge in [0.1, 0.15) is 61.0 Å². The second-order valence-electron chi connectivity index (χ2n) is 7.83. The smallest absolute Gasteiger partial charge is 0.175 e. The first-order valence-electron chi connectivity index (χ1n) is 10.2. The highest BCUT2D eigenvalue weighted by Crippen LogP contribution is 2.23. The Morgan fingerprint density at radius 3 is 1.29 bits per heavy atom. The highest BCUT2D eigenvalue weighted by molar-refractivity contribution is 5.45. The maximum Gasteiger partial charge on any atom is 0.175 e. The van der Waals surface area contributed by atoms with Crippen LogP contribution in [0.2, 0.25) is 0 Å². The molecular formula is C22H24F2O10. The number of rotatable bonds is 2. The van der Waals surface area contributed by atoms with E-state index < -0.39 is 97.0 Å². The predicted octanol–water partition coefficient (Wildman–Crippen LogP) is -3.65. The van der Waals surface area contributed by atoms with Crippen LogP contribution in [0.3, 0.4) is 0 Å².